The summed E-state index contributed by atoms with van der Waals surface area (Å²) in [7, 11) is 0. The SMILES string of the molecule is CC(C)C(C)C(N)C(C)c1ccncc1. The Labute approximate surface area is 92.9 Å². The van der Waals surface area contributed by atoms with Crippen molar-refractivity contribution in [3.63, 3.8) is 0 Å². The van der Waals surface area contributed by atoms with E-state index < -0.39 is 0 Å². The van der Waals surface area contributed by atoms with Gasteiger partial charge in [0, 0.05) is 18.4 Å². The van der Waals surface area contributed by atoms with Crippen LogP contribution in [0, 0.1) is 11.8 Å². The van der Waals surface area contributed by atoms with E-state index in [-0.39, 0.29) is 6.04 Å². The van der Waals surface area contributed by atoms with E-state index in [9.17, 15) is 0 Å². The standard InChI is InChI=1S/C13H22N2/c1-9(2)10(3)13(14)11(4)12-5-7-15-8-6-12/h5-11,13H,14H2,1-4H3. The van der Waals surface area contributed by atoms with Crippen LogP contribution in [0.15, 0.2) is 24.5 Å². The van der Waals surface area contributed by atoms with Crippen molar-refractivity contribution in [3.8, 4) is 0 Å². The molecule has 1 aromatic rings. The number of nitrogens with zero attached hydrogens (tertiary/aromatic N) is 1. The van der Waals surface area contributed by atoms with Crippen LogP contribution in [-0.2, 0) is 0 Å². The predicted molar refractivity (Wildman–Crippen MR) is 64.6 cm³/mol. The lowest BCUT2D eigenvalue weighted by molar-refractivity contribution is 0.317. The molecule has 1 heterocycles. The van der Waals surface area contributed by atoms with Gasteiger partial charge in [0.05, 0.1) is 0 Å². The molecule has 2 N–H and O–H groups in total. The first-order chi connectivity index (χ1) is 7.04. The molecule has 0 aliphatic carbocycles. The zero-order chi connectivity index (χ0) is 11.4. The first kappa shape index (κ1) is 12.2. The second kappa shape index (κ2) is 5.26. The van der Waals surface area contributed by atoms with Crippen molar-refractivity contribution in [1.82, 2.24) is 4.98 Å². The van der Waals surface area contributed by atoms with Crippen LogP contribution < -0.4 is 5.73 Å². The van der Waals surface area contributed by atoms with Crippen LogP contribution in [0.4, 0.5) is 0 Å². The lowest BCUT2D eigenvalue weighted by Gasteiger charge is -2.28. The van der Waals surface area contributed by atoms with E-state index in [1.165, 1.54) is 5.56 Å². The molecule has 0 spiro atoms. The summed E-state index contributed by atoms with van der Waals surface area (Å²) >= 11 is 0. The highest BCUT2D eigenvalue weighted by Crippen LogP contribution is 2.25. The van der Waals surface area contributed by atoms with Gasteiger partial charge >= 0.3 is 0 Å². The number of pyridine rings is 1. The van der Waals surface area contributed by atoms with Gasteiger partial charge in [0.1, 0.15) is 0 Å². The van der Waals surface area contributed by atoms with Crippen LogP contribution in [0.25, 0.3) is 0 Å². The fraction of sp³-hybridized carbons (Fsp3) is 0.615. The molecule has 15 heavy (non-hydrogen) atoms. The summed E-state index contributed by atoms with van der Waals surface area (Å²) < 4.78 is 0. The lowest BCUT2D eigenvalue weighted by Crippen LogP contribution is -2.36. The summed E-state index contributed by atoms with van der Waals surface area (Å²) in [5.41, 5.74) is 7.56. The van der Waals surface area contributed by atoms with Gasteiger partial charge in [-0.25, -0.2) is 0 Å². The number of hydrogen-bond acceptors (Lipinski definition) is 2. The van der Waals surface area contributed by atoms with Gasteiger partial charge in [0.15, 0.2) is 0 Å². The Balaban J connectivity index is 2.73. The highest BCUT2D eigenvalue weighted by molar-refractivity contribution is 5.17. The molecule has 1 aromatic heterocycles. The summed E-state index contributed by atoms with van der Waals surface area (Å²) in [5, 5.41) is 0. The van der Waals surface area contributed by atoms with E-state index in [1.807, 2.05) is 12.4 Å². The predicted octanol–water partition coefficient (Wildman–Crippen LogP) is 2.80. The highest BCUT2D eigenvalue weighted by Gasteiger charge is 2.22. The van der Waals surface area contributed by atoms with Crippen LogP contribution in [-0.4, -0.2) is 11.0 Å². The molecule has 0 aliphatic heterocycles. The zero-order valence-electron chi connectivity index (χ0n) is 10.1. The molecule has 3 atom stereocenters. The average Bonchev–Trinajstić information content (AvgIpc) is 2.27. The fourth-order valence-corrected chi connectivity index (χ4v) is 1.79. The van der Waals surface area contributed by atoms with Crippen LogP contribution in [0.5, 0.6) is 0 Å². The molecule has 0 saturated heterocycles. The van der Waals surface area contributed by atoms with Gasteiger partial charge < -0.3 is 5.73 Å². The van der Waals surface area contributed by atoms with Crippen molar-refractivity contribution in [3.05, 3.63) is 30.1 Å². The number of nitrogens with two attached hydrogens (primary N) is 1. The van der Waals surface area contributed by atoms with E-state index in [2.05, 4.69) is 44.8 Å². The van der Waals surface area contributed by atoms with Crippen LogP contribution in [0.1, 0.15) is 39.2 Å². The third-order valence-corrected chi connectivity index (χ3v) is 3.47. The molecule has 0 bridgehead atoms. The lowest BCUT2D eigenvalue weighted by atomic mass is 9.81. The van der Waals surface area contributed by atoms with E-state index in [1.54, 1.807) is 0 Å². The summed E-state index contributed by atoms with van der Waals surface area (Å²) in [6, 6.07) is 4.32. The molecule has 0 aliphatic rings. The van der Waals surface area contributed by atoms with Crippen molar-refractivity contribution in [2.24, 2.45) is 17.6 Å². The van der Waals surface area contributed by atoms with Crippen molar-refractivity contribution in [2.75, 3.05) is 0 Å². The fourth-order valence-electron chi connectivity index (χ4n) is 1.79. The number of hydrogen-bond donors (Lipinski definition) is 1. The first-order valence-electron chi connectivity index (χ1n) is 5.69. The summed E-state index contributed by atoms with van der Waals surface area (Å²) in [6.07, 6.45) is 3.66. The zero-order valence-corrected chi connectivity index (χ0v) is 10.1. The van der Waals surface area contributed by atoms with Gasteiger partial charge in [-0.15, -0.1) is 0 Å². The third-order valence-electron chi connectivity index (χ3n) is 3.47. The molecule has 0 saturated carbocycles. The number of rotatable bonds is 4. The van der Waals surface area contributed by atoms with Crippen LogP contribution >= 0.6 is 0 Å². The monoisotopic (exact) mass is 206 g/mol. The Bertz CT molecular complexity index is 282. The Hall–Kier alpha value is -0.890. The minimum absolute atomic E-state index is 0.215. The summed E-state index contributed by atoms with van der Waals surface area (Å²) in [5.74, 6) is 1.56. The van der Waals surface area contributed by atoms with E-state index in [0.29, 0.717) is 17.8 Å². The quantitative estimate of drug-likeness (QED) is 0.822. The Morgan fingerprint density at radius 1 is 1.07 bits per heavy atom. The Morgan fingerprint density at radius 2 is 1.60 bits per heavy atom. The van der Waals surface area contributed by atoms with Crippen LogP contribution in [0.3, 0.4) is 0 Å². The largest absolute Gasteiger partial charge is 0.327 e. The van der Waals surface area contributed by atoms with Gasteiger partial charge in [-0.2, -0.15) is 0 Å². The molecule has 0 fully saturated rings. The molecule has 3 unspecified atom stereocenters. The highest BCUT2D eigenvalue weighted by atomic mass is 14.7. The number of aromatic nitrogens is 1. The van der Waals surface area contributed by atoms with Crippen molar-refractivity contribution in [1.29, 1.82) is 0 Å². The van der Waals surface area contributed by atoms with E-state index >= 15 is 0 Å². The summed E-state index contributed by atoms with van der Waals surface area (Å²) in [4.78, 5) is 4.03. The van der Waals surface area contributed by atoms with E-state index in [4.69, 9.17) is 5.73 Å². The molecule has 2 heteroatoms. The first-order valence-corrected chi connectivity index (χ1v) is 5.69. The second-order valence-corrected chi connectivity index (χ2v) is 4.75. The third kappa shape index (κ3) is 3.03. The minimum Gasteiger partial charge on any atom is -0.327 e. The van der Waals surface area contributed by atoms with Gasteiger partial charge in [-0.1, -0.05) is 27.7 Å². The smallest absolute Gasteiger partial charge is 0.0270 e. The second-order valence-electron chi connectivity index (χ2n) is 4.75. The van der Waals surface area contributed by atoms with Crippen LogP contribution in [0.2, 0.25) is 0 Å². The van der Waals surface area contributed by atoms with Crippen molar-refractivity contribution < 1.29 is 0 Å². The molecule has 84 valence electrons. The summed E-state index contributed by atoms with van der Waals surface area (Å²) in [6.45, 7) is 8.87. The average molecular weight is 206 g/mol. The van der Waals surface area contributed by atoms with Crippen molar-refractivity contribution >= 4 is 0 Å². The van der Waals surface area contributed by atoms with Crippen molar-refractivity contribution in [2.45, 2.75) is 39.7 Å². The van der Waals surface area contributed by atoms with Gasteiger partial charge in [-0.3, -0.25) is 4.98 Å². The maximum Gasteiger partial charge on any atom is 0.0270 e. The maximum atomic E-state index is 6.27. The van der Waals surface area contributed by atoms with Gasteiger partial charge in [0.2, 0.25) is 0 Å². The molecule has 0 aromatic carbocycles. The Morgan fingerprint density at radius 3 is 2.07 bits per heavy atom. The Kier molecular flexibility index (Phi) is 4.28. The molecular weight excluding hydrogens is 184 g/mol. The topological polar surface area (TPSA) is 38.9 Å². The molecule has 2 nitrogen and oxygen atoms in total. The van der Waals surface area contributed by atoms with E-state index in [0.717, 1.165) is 0 Å². The normalized spacial score (nSPS) is 17.5. The molecule has 0 amide bonds. The molecular formula is C13H22N2. The van der Waals surface area contributed by atoms with Gasteiger partial charge in [-0.05, 0) is 35.4 Å². The molecule has 1 rings (SSSR count). The maximum absolute atomic E-state index is 6.27. The van der Waals surface area contributed by atoms with Gasteiger partial charge in [0.25, 0.3) is 0 Å². The minimum atomic E-state index is 0.215. The molecule has 0 radical (unpaired) electrons.